The molecule has 0 aromatic rings. The van der Waals surface area contributed by atoms with Crippen LogP contribution in [0.2, 0.25) is 0 Å². The molecule has 0 atom stereocenters. The number of allylic oxidation sites excluding steroid dienone is 3. The summed E-state index contributed by atoms with van der Waals surface area (Å²) in [6.45, 7) is 6.45. The van der Waals surface area contributed by atoms with Gasteiger partial charge in [0.15, 0.2) is 0 Å². The second kappa shape index (κ2) is 3.11. The molecule has 1 heterocycles. The van der Waals surface area contributed by atoms with E-state index in [1.54, 1.807) is 6.08 Å². The summed E-state index contributed by atoms with van der Waals surface area (Å²) in [4.78, 5) is 0. The first-order valence-corrected chi connectivity index (χ1v) is 3.35. The van der Waals surface area contributed by atoms with E-state index in [2.05, 4.69) is 17.2 Å². The Morgan fingerprint density at radius 2 is 2.10 bits per heavy atom. The topological polar surface area (TPSA) is 24.1 Å². The Labute approximate surface area is 61.3 Å². The van der Waals surface area contributed by atoms with Gasteiger partial charge >= 0.3 is 0 Å². The molecule has 1 rings (SSSR count). The van der Waals surface area contributed by atoms with Crippen LogP contribution in [-0.2, 0) is 0 Å². The molecular weight excluding hydrogens is 124 g/mol. The molecule has 0 bridgehead atoms. The molecule has 0 radical (unpaired) electrons. The molecule has 0 aromatic carbocycles. The Morgan fingerprint density at radius 1 is 1.40 bits per heavy atom. The van der Waals surface area contributed by atoms with Crippen molar-refractivity contribution in [2.45, 2.75) is 6.92 Å². The fourth-order valence-corrected chi connectivity index (χ4v) is 0.949. The molecule has 54 valence electrons. The molecular formula is C8H12N2. The van der Waals surface area contributed by atoms with Crippen molar-refractivity contribution in [3.05, 3.63) is 36.2 Å². The third-order valence-electron chi connectivity index (χ3n) is 1.42. The summed E-state index contributed by atoms with van der Waals surface area (Å²) in [5, 5.41) is 6.34. The average molecular weight is 136 g/mol. The van der Waals surface area contributed by atoms with Crippen LogP contribution in [0.15, 0.2) is 36.2 Å². The minimum absolute atomic E-state index is 0.819. The summed E-state index contributed by atoms with van der Waals surface area (Å²) in [5.74, 6) is 0. The van der Waals surface area contributed by atoms with Gasteiger partial charge in [-0.1, -0.05) is 18.7 Å². The maximum Gasteiger partial charge on any atom is 0.0850 e. The highest BCUT2D eigenvalue weighted by atomic mass is 15.2. The minimum Gasteiger partial charge on any atom is -0.367 e. The zero-order valence-electron chi connectivity index (χ0n) is 6.15. The lowest BCUT2D eigenvalue weighted by molar-refractivity contribution is 0.839. The summed E-state index contributed by atoms with van der Waals surface area (Å²) in [6, 6.07) is 0. The first kappa shape index (κ1) is 6.93. The summed E-state index contributed by atoms with van der Waals surface area (Å²) < 4.78 is 0. The molecule has 1 fully saturated rings. The second-order valence-electron chi connectivity index (χ2n) is 2.05. The summed E-state index contributed by atoms with van der Waals surface area (Å²) in [7, 11) is 0. The highest BCUT2D eigenvalue weighted by Crippen LogP contribution is 2.06. The molecule has 1 aliphatic rings. The highest BCUT2D eigenvalue weighted by Gasteiger charge is 2.07. The van der Waals surface area contributed by atoms with Gasteiger partial charge in [0.1, 0.15) is 0 Å². The first-order valence-electron chi connectivity index (χ1n) is 3.35. The average Bonchev–Trinajstić information content (AvgIpc) is 2.36. The van der Waals surface area contributed by atoms with E-state index < -0.39 is 0 Å². The van der Waals surface area contributed by atoms with Gasteiger partial charge < -0.3 is 10.6 Å². The minimum atomic E-state index is 0.819. The largest absolute Gasteiger partial charge is 0.367 e. The molecule has 0 amide bonds. The first-order chi connectivity index (χ1) is 4.88. The van der Waals surface area contributed by atoms with E-state index in [0.717, 1.165) is 18.1 Å². The van der Waals surface area contributed by atoms with E-state index in [4.69, 9.17) is 0 Å². The standard InChI is InChI=1S/C8H12N2/c1-3-5-8-7(4-2)9-6-10-8/h3-5,9-10H,1,6H2,2H3/b7-4+,8-5+. The predicted octanol–water partition coefficient (Wildman–Crippen LogP) is 1.11. The van der Waals surface area contributed by atoms with Crippen LogP contribution in [-0.4, -0.2) is 6.67 Å². The Hall–Kier alpha value is -1.18. The molecule has 0 saturated carbocycles. The molecule has 0 aromatic heterocycles. The summed E-state index contributed by atoms with van der Waals surface area (Å²) in [5.41, 5.74) is 2.28. The fraction of sp³-hybridized carbons (Fsp3) is 0.250. The molecule has 2 nitrogen and oxygen atoms in total. The van der Waals surface area contributed by atoms with E-state index in [0.29, 0.717) is 0 Å². The third-order valence-corrected chi connectivity index (χ3v) is 1.42. The van der Waals surface area contributed by atoms with Crippen molar-refractivity contribution in [2.24, 2.45) is 0 Å². The van der Waals surface area contributed by atoms with Gasteiger partial charge in [-0.3, -0.25) is 0 Å². The van der Waals surface area contributed by atoms with Crippen molar-refractivity contribution in [3.8, 4) is 0 Å². The quantitative estimate of drug-likeness (QED) is 0.564. The van der Waals surface area contributed by atoms with Crippen LogP contribution in [0.4, 0.5) is 0 Å². The van der Waals surface area contributed by atoms with Crippen molar-refractivity contribution >= 4 is 0 Å². The van der Waals surface area contributed by atoms with Crippen LogP contribution in [0, 0.1) is 0 Å². The second-order valence-corrected chi connectivity index (χ2v) is 2.05. The van der Waals surface area contributed by atoms with Crippen LogP contribution >= 0.6 is 0 Å². The summed E-state index contributed by atoms with van der Waals surface area (Å²) >= 11 is 0. The van der Waals surface area contributed by atoms with Crippen LogP contribution in [0.25, 0.3) is 0 Å². The zero-order chi connectivity index (χ0) is 7.40. The lowest BCUT2D eigenvalue weighted by Gasteiger charge is -1.95. The molecule has 1 aliphatic heterocycles. The Bertz CT molecular complexity index is 189. The Kier molecular flexibility index (Phi) is 2.15. The molecule has 0 aliphatic carbocycles. The van der Waals surface area contributed by atoms with Crippen LogP contribution in [0.5, 0.6) is 0 Å². The number of hydrogen-bond donors (Lipinski definition) is 2. The van der Waals surface area contributed by atoms with Gasteiger partial charge in [0.25, 0.3) is 0 Å². The monoisotopic (exact) mass is 136 g/mol. The van der Waals surface area contributed by atoms with Crippen LogP contribution in [0.1, 0.15) is 6.92 Å². The van der Waals surface area contributed by atoms with Gasteiger partial charge in [0.05, 0.1) is 18.1 Å². The van der Waals surface area contributed by atoms with Crippen molar-refractivity contribution in [3.63, 3.8) is 0 Å². The third kappa shape index (κ3) is 1.21. The predicted molar refractivity (Wildman–Crippen MR) is 43.2 cm³/mol. The van der Waals surface area contributed by atoms with Crippen molar-refractivity contribution < 1.29 is 0 Å². The van der Waals surface area contributed by atoms with E-state index in [1.807, 2.05) is 19.1 Å². The Morgan fingerprint density at radius 3 is 2.70 bits per heavy atom. The maximum atomic E-state index is 3.62. The maximum absolute atomic E-state index is 3.62. The van der Waals surface area contributed by atoms with Gasteiger partial charge in [0.2, 0.25) is 0 Å². The van der Waals surface area contributed by atoms with Gasteiger partial charge in [-0.15, -0.1) is 0 Å². The highest BCUT2D eigenvalue weighted by molar-refractivity contribution is 5.33. The van der Waals surface area contributed by atoms with Crippen molar-refractivity contribution in [1.82, 2.24) is 10.6 Å². The van der Waals surface area contributed by atoms with E-state index >= 15 is 0 Å². The molecule has 2 heteroatoms. The fourth-order valence-electron chi connectivity index (χ4n) is 0.949. The van der Waals surface area contributed by atoms with Gasteiger partial charge in [0, 0.05) is 0 Å². The SMILES string of the molecule is C=C/C=C1/NCN/C1=C/C. The number of rotatable bonds is 1. The number of hydrogen-bond acceptors (Lipinski definition) is 2. The van der Waals surface area contributed by atoms with Crippen LogP contribution in [0.3, 0.4) is 0 Å². The van der Waals surface area contributed by atoms with E-state index in [1.165, 1.54) is 0 Å². The van der Waals surface area contributed by atoms with Crippen LogP contribution < -0.4 is 10.6 Å². The van der Waals surface area contributed by atoms with Crippen molar-refractivity contribution in [1.29, 1.82) is 0 Å². The molecule has 0 spiro atoms. The van der Waals surface area contributed by atoms with Crippen molar-refractivity contribution in [2.75, 3.05) is 6.67 Å². The lowest BCUT2D eigenvalue weighted by Crippen LogP contribution is -2.10. The number of nitrogens with one attached hydrogen (secondary N) is 2. The lowest BCUT2D eigenvalue weighted by atomic mass is 10.3. The molecule has 10 heavy (non-hydrogen) atoms. The zero-order valence-corrected chi connectivity index (χ0v) is 6.15. The van der Waals surface area contributed by atoms with E-state index in [-0.39, 0.29) is 0 Å². The van der Waals surface area contributed by atoms with E-state index in [9.17, 15) is 0 Å². The normalized spacial score (nSPS) is 24.5. The molecule has 1 saturated heterocycles. The van der Waals surface area contributed by atoms with Gasteiger partial charge in [-0.05, 0) is 13.0 Å². The Balaban J connectivity index is 2.77. The summed E-state index contributed by atoms with van der Waals surface area (Å²) in [6.07, 6.45) is 5.77. The molecule has 0 unspecified atom stereocenters. The molecule has 2 N–H and O–H groups in total. The smallest absolute Gasteiger partial charge is 0.0850 e. The van der Waals surface area contributed by atoms with Gasteiger partial charge in [-0.25, -0.2) is 0 Å². The van der Waals surface area contributed by atoms with Gasteiger partial charge in [-0.2, -0.15) is 0 Å².